The molecule has 0 atom stereocenters. The third-order valence-electron chi connectivity index (χ3n) is 7.70. The quantitative estimate of drug-likeness (QED) is 0.250. The fourth-order valence-corrected chi connectivity index (χ4v) is 6.78. The molecule has 42 heavy (non-hydrogen) atoms. The highest BCUT2D eigenvalue weighted by Gasteiger charge is 2.27. The molecule has 1 aromatic carbocycles. The molecule has 0 aliphatic heterocycles. The van der Waals surface area contributed by atoms with Gasteiger partial charge in [0, 0.05) is 24.7 Å². The number of nitrogens with one attached hydrogen (secondary N) is 3. The average molecular weight is 583 g/mol. The predicted octanol–water partition coefficient (Wildman–Crippen LogP) is 3.93. The van der Waals surface area contributed by atoms with Crippen molar-refractivity contribution in [3.8, 4) is 5.75 Å². The van der Waals surface area contributed by atoms with Gasteiger partial charge in [-0.05, 0) is 73.6 Å². The molecule has 0 saturated heterocycles. The fourth-order valence-electron chi connectivity index (χ4n) is 5.50. The third kappa shape index (κ3) is 4.85. The van der Waals surface area contributed by atoms with Crippen LogP contribution in [0.4, 0.5) is 5.00 Å². The first-order valence-corrected chi connectivity index (χ1v) is 14.6. The van der Waals surface area contributed by atoms with Gasteiger partial charge in [0.15, 0.2) is 0 Å². The number of carbonyl (C=O) groups is 2. The van der Waals surface area contributed by atoms with E-state index in [1.165, 1.54) is 21.8 Å². The molecule has 0 radical (unpaired) electrons. The molecule has 4 heterocycles. The van der Waals surface area contributed by atoms with E-state index in [0.29, 0.717) is 34.8 Å². The number of thiophene rings is 1. The molecule has 1 aliphatic rings. The van der Waals surface area contributed by atoms with Crippen molar-refractivity contribution in [2.24, 2.45) is 0 Å². The summed E-state index contributed by atoms with van der Waals surface area (Å²) in [6.07, 6.45) is 5.84. The lowest BCUT2D eigenvalue weighted by Gasteiger charge is -2.15. The Hall–Kier alpha value is -4.77. The van der Waals surface area contributed by atoms with Gasteiger partial charge in [-0.25, -0.2) is 4.98 Å². The van der Waals surface area contributed by atoms with Gasteiger partial charge in [-0.1, -0.05) is 18.2 Å². The Balaban J connectivity index is 1.46. The van der Waals surface area contributed by atoms with Crippen LogP contribution in [0.2, 0.25) is 0 Å². The first-order chi connectivity index (χ1) is 20.4. The molecule has 2 amide bonds. The lowest BCUT2D eigenvalue weighted by molar-refractivity contribution is 0.0963. The molecule has 0 bridgehead atoms. The highest BCUT2D eigenvalue weighted by Crippen LogP contribution is 2.38. The van der Waals surface area contributed by atoms with Crippen molar-refractivity contribution in [3.05, 3.63) is 97.7 Å². The lowest BCUT2D eigenvalue weighted by Crippen LogP contribution is -2.33. The summed E-state index contributed by atoms with van der Waals surface area (Å²) >= 11 is 1.41. The molecule has 214 valence electrons. The number of amides is 2. The van der Waals surface area contributed by atoms with Crippen LogP contribution in [0.15, 0.2) is 59.5 Å². The summed E-state index contributed by atoms with van der Waals surface area (Å²) < 4.78 is 8.30. The van der Waals surface area contributed by atoms with Gasteiger partial charge in [0.05, 0.1) is 23.6 Å². The Morgan fingerprint density at radius 3 is 2.64 bits per heavy atom. The minimum absolute atomic E-state index is 0.0289. The summed E-state index contributed by atoms with van der Waals surface area (Å²) in [4.78, 5) is 46.1. The number of rotatable bonds is 7. The number of pyridine rings is 2. The first-order valence-electron chi connectivity index (χ1n) is 13.8. The van der Waals surface area contributed by atoms with E-state index in [9.17, 15) is 14.4 Å². The summed E-state index contributed by atoms with van der Waals surface area (Å²) in [7, 11) is 3.18. The van der Waals surface area contributed by atoms with Gasteiger partial charge >= 0.3 is 0 Å². The Labute approximate surface area is 245 Å². The summed E-state index contributed by atoms with van der Waals surface area (Å²) in [6.45, 7) is 0.315. The fraction of sp³-hybridized carbons (Fsp3) is 0.258. The number of aromatic nitrogens is 3. The molecule has 11 heteroatoms. The summed E-state index contributed by atoms with van der Waals surface area (Å²) in [6, 6.07) is 14.3. The standard InChI is InChI=1S/C31H30N6O4S/c1-33-29(39)25-20-7-3-4-8-23(20)42-30(25)35-28(38)21-17-22-27(34-24-9-5-6-15-36(24)31(22)40)37(26(21)32)16-14-18-10-12-19(41-2)13-11-18/h5-6,9-13,15,17,32H,3-4,7-8,14,16H2,1-2H3,(H,33,39)(H,35,38). The van der Waals surface area contributed by atoms with E-state index in [1.807, 2.05) is 24.3 Å². The van der Waals surface area contributed by atoms with E-state index in [-0.39, 0.29) is 27.9 Å². The molecule has 0 saturated carbocycles. The van der Waals surface area contributed by atoms with Crippen molar-refractivity contribution in [2.75, 3.05) is 19.5 Å². The van der Waals surface area contributed by atoms with Crippen LogP contribution in [-0.2, 0) is 25.8 Å². The molecular weight excluding hydrogens is 552 g/mol. The maximum atomic E-state index is 13.8. The highest BCUT2D eigenvalue weighted by atomic mass is 32.1. The van der Waals surface area contributed by atoms with Crippen LogP contribution in [0.5, 0.6) is 5.75 Å². The van der Waals surface area contributed by atoms with Crippen LogP contribution in [0.1, 0.15) is 49.6 Å². The lowest BCUT2D eigenvalue weighted by atomic mass is 9.95. The Bertz CT molecular complexity index is 1970. The number of carbonyl (C=O) groups excluding carboxylic acids is 2. The number of methoxy groups -OCH3 is 1. The second-order valence-electron chi connectivity index (χ2n) is 10.2. The molecule has 1 aliphatic carbocycles. The van der Waals surface area contributed by atoms with Crippen LogP contribution in [0.25, 0.3) is 16.7 Å². The number of aryl methyl sites for hydroxylation is 3. The smallest absolute Gasteiger partial charge is 0.267 e. The summed E-state index contributed by atoms with van der Waals surface area (Å²) in [5.41, 5.74) is 2.88. The van der Waals surface area contributed by atoms with Crippen molar-refractivity contribution >= 4 is 44.8 Å². The zero-order chi connectivity index (χ0) is 29.4. The van der Waals surface area contributed by atoms with Crippen LogP contribution in [0, 0.1) is 5.41 Å². The Morgan fingerprint density at radius 2 is 1.88 bits per heavy atom. The van der Waals surface area contributed by atoms with Gasteiger partial charge in [0.1, 0.15) is 27.5 Å². The van der Waals surface area contributed by atoms with Crippen LogP contribution in [-0.4, -0.2) is 39.9 Å². The number of benzene rings is 1. The highest BCUT2D eigenvalue weighted by molar-refractivity contribution is 7.17. The topological polar surface area (TPSA) is 131 Å². The van der Waals surface area contributed by atoms with E-state index < -0.39 is 5.91 Å². The minimum atomic E-state index is -0.554. The molecule has 3 N–H and O–H groups in total. The number of ether oxygens (including phenoxy) is 1. The molecule has 0 fully saturated rings. The van der Waals surface area contributed by atoms with Crippen molar-refractivity contribution in [2.45, 2.75) is 38.6 Å². The molecule has 6 rings (SSSR count). The number of anilines is 1. The molecular formula is C31H30N6O4S. The van der Waals surface area contributed by atoms with Crippen molar-refractivity contribution in [3.63, 3.8) is 0 Å². The first kappa shape index (κ1) is 27.4. The number of fused-ring (bicyclic) bond motifs is 3. The summed E-state index contributed by atoms with van der Waals surface area (Å²) in [5.74, 6) is -0.0663. The van der Waals surface area contributed by atoms with E-state index in [1.54, 1.807) is 43.1 Å². The third-order valence-corrected chi connectivity index (χ3v) is 8.91. The van der Waals surface area contributed by atoms with Gasteiger partial charge in [0.25, 0.3) is 17.4 Å². The molecule has 0 spiro atoms. The minimum Gasteiger partial charge on any atom is -0.497 e. The SMILES string of the molecule is CNC(=O)c1c(NC(=O)c2cc3c(=O)n4ccccc4nc3n(CCc3ccc(OC)cc3)c2=N)sc2c1CCCC2. The van der Waals surface area contributed by atoms with E-state index in [0.717, 1.165) is 47.4 Å². The Kier molecular flexibility index (Phi) is 7.34. The molecule has 10 nitrogen and oxygen atoms in total. The second-order valence-corrected chi connectivity index (χ2v) is 11.3. The molecule has 0 unspecified atom stereocenters. The van der Waals surface area contributed by atoms with Crippen molar-refractivity contribution in [1.29, 1.82) is 5.41 Å². The second kappa shape index (κ2) is 11.2. The number of hydrogen-bond donors (Lipinski definition) is 3. The molecule has 5 aromatic rings. The largest absolute Gasteiger partial charge is 0.497 e. The predicted molar refractivity (Wildman–Crippen MR) is 162 cm³/mol. The van der Waals surface area contributed by atoms with Gasteiger partial charge in [0.2, 0.25) is 0 Å². The van der Waals surface area contributed by atoms with Crippen molar-refractivity contribution in [1.82, 2.24) is 19.3 Å². The van der Waals surface area contributed by atoms with Gasteiger partial charge in [-0.3, -0.25) is 24.2 Å². The van der Waals surface area contributed by atoms with E-state index >= 15 is 0 Å². The van der Waals surface area contributed by atoms with Crippen LogP contribution >= 0.6 is 11.3 Å². The molecule has 4 aromatic heterocycles. The average Bonchev–Trinajstić information content (AvgIpc) is 3.38. The zero-order valence-corrected chi connectivity index (χ0v) is 24.1. The Morgan fingerprint density at radius 1 is 1.10 bits per heavy atom. The van der Waals surface area contributed by atoms with Crippen molar-refractivity contribution < 1.29 is 14.3 Å². The number of nitrogens with zero attached hydrogens (tertiary/aromatic N) is 3. The normalized spacial score (nSPS) is 12.7. The zero-order valence-electron chi connectivity index (χ0n) is 23.3. The van der Waals surface area contributed by atoms with Gasteiger partial charge in [-0.15, -0.1) is 11.3 Å². The van der Waals surface area contributed by atoms with Gasteiger partial charge in [-0.2, -0.15) is 0 Å². The number of hydrogen-bond acceptors (Lipinski definition) is 7. The van der Waals surface area contributed by atoms with E-state index in [2.05, 4.69) is 10.6 Å². The van der Waals surface area contributed by atoms with Crippen LogP contribution in [0.3, 0.4) is 0 Å². The van der Waals surface area contributed by atoms with E-state index in [4.69, 9.17) is 15.1 Å². The van der Waals surface area contributed by atoms with Gasteiger partial charge < -0.3 is 19.9 Å². The maximum absolute atomic E-state index is 13.8. The monoisotopic (exact) mass is 582 g/mol. The maximum Gasteiger partial charge on any atom is 0.267 e. The summed E-state index contributed by atoms with van der Waals surface area (Å²) in [5, 5.41) is 15.4. The van der Waals surface area contributed by atoms with Crippen LogP contribution < -0.4 is 26.4 Å².